The van der Waals surface area contributed by atoms with Crippen LogP contribution in [0.25, 0.3) is 0 Å². The van der Waals surface area contributed by atoms with Crippen molar-refractivity contribution in [1.29, 1.82) is 0 Å². The molecule has 0 aromatic heterocycles. The third-order valence-electron chi connectivity index (χ3n) is 2.52. The third kappa shape index (κ3) is 3.67. The van der Waals surface area contributed by atoms with Crippen LogP contribution in [-0.4, -0.2) is 24.9 Å². The highest BCUT2D eigenvalue weighted by molar-refractivity contribution is 6.32. The number of methoxy groups -OCH3 is 1. The predicted molar refractivity (Wildman–Crippen MR) is 66.0 cm³/mol. The molecule has 2 N–H and O–H groups in total. The number of ether oxygens (including phenoxy) is 1. The van der Waals surface area contributed by atoms with Gasteiger partial charge in [-0.15, -0.1) is 0 Å². The van der Waals surface area contributed by atoms with Crippen LogP contribution in [0.2, 0.25) is 5.02 Å². The molecule has 0 radical (unpaired) electrons. The van der Waals surface area contributed by atoms with E-state index in [9.17, 15) is 0 Å². The van der Waals surface area contributed by atoms with Gasteiger partial charge in [-0.05, 0) is 24.1 Å². The SMILES string of the molecule is CC[C@H](CO)NCc1ccc(OC)c(Cl)c1. The van der Waals surface area contributed by atoms with Crippen LogP contribution < -0.4 is 10.1 Å². The Hall–Kier alpha value is -0.770. The summed E-state index contributed by atoms with van der Waals surface area (Å²) in [7, 11) is 1.60. The van der Waals surface area contributed by atoms with Crippen molar-refractivity contribution >= 4 is 11.6 Å². The minimum Gasteiger partial charge on any atom is -0.495 e. The smallest absolute Gasteiger partial charge is 0.137 e. The van der Waals surface area contributed by atoms with Crippen molar-refractivity contribution in [3.8, 4) is 5.75 Å². The number of benzene rings is 1. The van der Waals surface area contributed by atoms with Gasteiger partial charge in [-0.1, -0.05) is 24.6 Å². The van der Waals surface area contributed by atoms with Crippen molar-refractivity contribution < 1.29 is 9.84 Å². The number of nitrogens with one attached hydrogen (secondary N) is 1. The molecule has 0 fully saturated rings. The van der Waals surface area contributed by atoms with E-state index in [2.05, 4.69) is 5.32 Å². The van der Waals surface area contributed by atoms with Crippen molar-refractivity contribution in [3.63, 3.8) is 0 Å². The first-order chi connectivity index (χ1) is 7.71. The number of halogens is 1. The number of rotatable bonds is 6. The van der Waals surface area contributed by atoms with Crippen LogP contribution in [0.3, 0.4) is 0 Å². The number of aliphatic hydroxyl groups is 1. The summed E-state index contributed by atoms with van der Waals surface area (Å²) in [4.78, 5) is 0. The molecule has 0 heterocycles. The monoisotopic (exact) mass is 243 g/mol. The zero-order valence-electron chi connectivity index (χ0n) is 9.66. The lowest BCUT2D eigenvalue weighted by molar-refractivity contribution is 0.238. The molecule has 4 heteroatoms. The summed E-state index contributed by atoms with van der Waals surface area (Å²) in [6.45, 7) is 2.89. The lowest BCUT2D eigenvalue weighted by Gasteiger charge is -2.14. The van der Waals surface area contributed by atoms with Crippen LogP contribution in [0, 0.1) is 0 Å². The Labute approximate surface area is 101 Å². The molecule has 1 atom stereocenters. The third-order valence-corrected chi connectivity index (χ3v) is 2.82. The second-order valence-corrected chi connectivity index (χ2v) is 4.04. The molecule has 0 amide bonds. The van der Waals surface area contributed by atoms with Gasteiger partial charge in [0.1, 0.15) is 5.75 Å². The molecule has 16 heavy (non-hydrogen) atoms. The second-order valence-electron chi connectivity index (χ2n) is 3.64. The Balaban J connectivity index is 2.58. The molecule has 0 aliphatic rings. The minimum atomic E-state index is 0.140. The number of aliphatic hydroxyl groups excluding tert-OH is 1. The Morgan fingerprint density at radius 3 is 2.75 bits per heavy atom. The molecule has 1 aromatic rings. The van der Waals surface area contributed by atoms with E-state index >= 15 is 0 Å². The van der Waals surface area contributed by atoms with Crippen molar-refractivity contribution in [2.45, 2.75) is 25.9 Å². The molecule has 1 aromatic carbocycles. The fourth-order valence-electron chi connectivity index (χ4n) is 1.42. The van der Waals surface area contributed by atoms with Crippen molar-refractivity contribution in [2.24, 2.45) is 0 Å². The molecule has 90 valence electrons. The van der Waals surface area contributed by atoms with Gasteiger partial charge >= 0.3 is 0 Å². The van der Waals surface area contributed by atoms with Gasteiger partial charge in [0, 0.05) is 12.6 Å². The van der Waals surface area contributed by atoms with E-state index in [0.717, 1.165) is 12.0 Å². The summed E-state index contributed by atoms with van der Waals surface area (Å²) in [6.07, 6.45) is 0.903. The minimum absolute atomic E-state index is 0.140. The molecule has 0 aliphatic heterocycles. The summed E-state index contributed by atoms with van der Waals surface area (Å²) in [5.74, 6) is 0.680. The van der Waals surface area contributed by atoms with Crippen LogP contribution in [0.1, 0.15) is 18.9 Å². The zero-order chi connectivity index (χ0) is 12.0. The fraction of sp³-hybridized carbons (Fsp3) is 0.500. The first kappa shape index (κ1) is 13.3. The van der Waals surface area contributed by atoms with Gasteiger partial charge in [0.25, 0.3) is 0 Å². The average Bonchev–Trinajstić information content (AvgIpc) is 2.30. The molecule has 3 nitrogen and oxygen atoms in total. The Kier molecular flexibility index (Phi) is 5.60. The maximum atomic E-state index is 9.03. The first-order valence-corrected chi connectivity index (χ1v) is 5.75. The highest BCUT2D eigenvalue weighted by Crippen LogP contribution is 2.24. The summed E-state index contributed by atoms with van der Waals surface area (Å²) >= 11 is 6.01. The van der Waals surface area contributed by atoms with Crippen LogP contribution in [0.4, 0.5) is 0 Å². The second kappa shape index (κ2) is 6.74. The van der Waals surface area contributed by atoms with E-state index in [-0.39, 0.29) is 12.6 Å². The molecule has 1 rings (SSSR count). The number of hydrogen-bond acceptors (Lipinski definition) is 3. The molecule has 0 saturated carbocycles. The Bertz CT molecular complexity index is 327. The normalized spacial score (nSPS) is 12.5. The van der Waals surface area contributed by atoms with Crippen molar-refractivity contribution in [1.82, 2.24) is 5.32 Å². The van der Waals surface area contributed by atoms with Gasteiger partial charge in [0.2, 0.25) is 0 Å². The van der Waals surface area contributed by atoms with E-state index < -0.39 is 0 Å². The van der Waals surface area contributed by atoms with E-state index in [1.165, 1.54) is 0 Å². The quantitative estimate of drug-likeness (QED) is 0.805. The summed E-state index contributed by atoms with van der Waals surface area (Å²) in [5, 5.41) is 12.9. The first-order valence-electron chi connectivity index (χ1n) is 5.38. The van der Waals surface area contributed by atoms with Gasteiger partial charge < -0.3 is 15.2 Å². The van der Waals surface area contributed by atoms with Crippen molar-refractivity contribution in [3.05, 3.63) is 28.8 Å². The Morgan fingerprint density at radius 1 is 1.50 bits per heavy atom. The standard InChI is InChI=1S/C12H18ClNO2/c1-3-10(8-15)14-7-9-4-5-12(16-2)11(13)6-9/h4-6,10,14-15H,3,7-8H2,1-2H3/t10-/m1/s1. The van der Waals surface area contributed by atoms with Crippen LogP contribution in [0.5, 0.6) is 5.75 Å². The topological polar surface area (TPSA) is 41.5 Å². The van der Waals surface area contributed by atoms with Crippen LogP contribution in [-0.2, 0) is 6.54 Å². The zero-order valence-corrected chi connectivity index (χ0v) is 10.4. The average molecular weight is 244 g/mol. The molecule has 0 unspecified atom stereocenters. The summed E-state index contributed by atoms with van der Waals surface area (Å²) in [5.41, 5.74) is 1.08. The van der Waals surface area contributed by atoms with Gasteiger partial charge in [0.05, 0.1) is 18.7 Å². The van der Waals surface area contributed by atoms with E-state index in [1.807, 2.05) is 25.1 Å². The fourth-order valence-corrected chi connectivity index (χ4v) is 1.70. The van der Waals surface area contributed by atoms with E-state index in [1.54, 1.807) is 7.11 Å². The summed E-state index contributed by atoms with van der Waals surface area (Å²) in [6, 6.07) is 5.82. The molecule has 0 bridgehead atoms. The van der Waals surface area contributed by atoms with Crippen LogP contribution >= 0.6 is 11.6 Å². The van der Waals surface area contributed by atoms with Gasteiger partial charge in [-0.2, -0.15) is 0 Å². The maximum absolute atomic E-state index is 9.03. The van der Waals surface area contributed by atoms with Crippen molar-refractivity contribution in [2.75, 3.05) is 13.7 Å². The maximum Gasteiger partial charge on any atom is 0.137 e. The van der Waals surface area contributed by atoms with E-state index in [4.69, 9.17) is 21.4 Å². The van der Waals surface area contributed by atoms with Crippen LogP contribution in [0.15, 0.2) is 18.2 Å². The van der Waals surface area contributed by atoms with Gasteiger partial charge in [-0.25, -0.2) is 0 Å². The summed E-state index contributed by atoms with van der Waals surface area (Å²) < 4.78 is 5.08. The number of hydrogen-bond donors (Lipinski definition) is 2. The largest absolute Gasteiger partial charge is 0.495 e. The van der Waals surface area contributed by atoms with Gasteiger partial charge in [0.15, 0.2) is 0 Å². The molecular formula is C12H18ClNO2. The predicted octanol–water partition coefficient (Wildman–Crippen LogP) is 2.21. The van der Waals surface area contributed by atoms with E-state index in [0.29, 0.717) is 17.3 Å². The van der Waals surface area contributed by atoms with Gasteiger partial charge in [-0.3, -0.25) is 0 Å². The molecule has 0 saturated heterocycles. The molecule has 0 aliphatic carbocycles. The highest BCUT2D eigenvalue weighted by atomic mass is 35.5. The molecular weight excluding hydrogens is 226 g/mol. The Morgan fingerprint density at radius 2 is 2.25 bits per heavy atom. The lowest BCUT2D eigenvalue weighted by Crippen LogP contribution is -2.31. The molecule has 0 spiro atoms. The lowest BCUT2D eigenvalue weighted by atomic mass is 10.2. The highest BCUT2D eigenvalue weighted by Gasteiger charge is 2.05.